The van der Waals surface area contributed by atoms with Crippen molar-refractivity contribution in [1.29, 1.82) is 0 Å². The van der Waals surface area contributed by atoms with Gasteiger partial charge in [0.15, 0.2) is 0 Å². The third kappa shape index (κ3) is 4.96. The van der Waals surface area contributed by atoms with E-state index in [1.807, 2.05) is 6.92 Å². The molecule has 0 aromatic heterocycles. The summed E-state index contributed by atoms with van der Waals surface area (Å²) >= 11 is 0. The first kappa shape index (κ1) is 17.9. The van der Waals surface area contributed by atoms with Crippen molar-refractivity contribution >= 4 is 21.9 Å². The van der Waals surface area contributed by atoms with E-state index in [-0.39, 0.29) is 24.3 Å². The molecule has 7 nitrogen and oxygen atoms in total. The summed E-state index contributed by atoms with van der Waals surface area (Å²) in [5.74, 6) is -1.22. The lowest BCUT2D eigenvalue weighted by molar-refractivity contribution is -0.142. The molecule has 1 unspecified atom stereocenters. The van der Waals surface area contributed by atoms with Crippen molar-refractivity contribution in [3.8, 4) is 0 Å². The van der Waals surface area contributed by atoms with Crippen LogP contribution in [-0.2, 0) is 19.6 Å². The normalized spacial score (nSPS) is 19.2. The summed E-state index contributed by atoms with van der Waals surface area (Å²) in [7, 11) is -3.20. The molecule has 0 aliphatic carbocycles. The van der Waals surface area contributed by atoms with Crippen molar-refractivity contribution in [3.05, 3.63) is 0 Å². The average molecular weight is 320 g/mol. The first-order valence-corrected chi connectivity index (χ1v) is 8.99. The first-order chi connectivity index (χ1) is 9.66. The molecule has 0 aromatic rings. The summed E-state index contributed by atoms with van der Waals surface area (Å²) in [5.41, 5.74) is 0. The molecule has 1 heterocycles. The summed E-state index contributed by atoms with van der Waals surface area (Å²) in [6.45, 7) is 4.70. The van der Waals surface area contributed by atoms with Crippen molar-refractivity contribution in [1.82, 2.24) is 9.21 Å². The topological polar surface area (TPSA) is 95.0 Å². The Morgan fingerprint density at radius 2 is 1.86 bits per heavy atom. The number of carboxylic acids is 1. The quantitative estimate of drug-likeness (QED) is 0.763. The Balaban J connectivity index is 2.65. The second-order valence-electron chi connectivity index (χ2n) is 5.51. The van der Waals surface area contributed by atoms with E-state index in [0.29, 0.717) is 32.5 Å². The molecule has 0 saturated carbocycles. The van der Waals surface area contributed by atoms with E-state index in [1.54, 1.807) is 11.8 Å². The minimum atomic E-state index is -3.20. The van der Waals surface area contributed by atoms with Gasteiger partial charge in [-0.05, 0) is 26.7 Å². The molecule has 122 valence electrons. The Hall–Kier alpha value is -1.15. The number of rotatable bonds is 6. The lowest BCUT2D eigenvalue weighted by atomic mass is 9.95. The summed E-state index contributed by atoms with van der Waals surface area (Å²) < 4.78 is 24.3. The molecular formula is C13H24N2O5S. The van der Waals surface area contributed by atoms with Gasteiger partial charge in [-0.25, -0.2) is 12.7 Å². The molecule has 1 fully saturated rings. The highest BCUT2D eigenvalue weighted by molar-refractivity contribution is 7.88. The number of hydrogen-bond acceptors (Lipinski definition) is 4. The minimum Gasteiger partial charge on any atom is -0.481 e. The van der Waals surface area contributed by atoms with Crippen LogP contribution in [0.5, 0.6) is 0 Å². The molecule has 1 saturated heterocycles. The molecule has 0 bridgehead atoms. The van der Waals surface area contributed by atoms with Crippen LogP contribution in [0.3, 0.4) is 0 Å². The number of sulfonamides is 1. The van der Waals surface area contributed by atoms with Crippen LogP contribution in [0.1, 0.15) is 33.1 Å². The highest BCUT2D eigenvalue weighted by Gasteiger charge is 2.32. The first-order valence-electron chi connectivity index (χ1n) is 7.14. The Bertz CT molecular complexity index is 483. The van der Waals surface area contributed by atoms with Crippen LogP contribution in [-0.4, -0.2) is 66.5 Å². The number of aliphatic carboxylic acids is 1. The predicted octanol–water partition coefficient (Wildman–Crippen LogP) is 0.370. The number of nitrogens with zero attached hydrogens (tertiary/aromatic N) is 2. The van der Waals surface area contributed by atoms with E-state index in [9.17, 15) is 18.0 Å². The van der Waals surface area contributed by atoms with Crippen molar-refractivity contribution in [2.24, 2.45) is 5.92 Å². The van der Waals surface area contributed by atoms with Gasteiger partial charge >= 0.3 is 5.97 Å². The van der Waals surface area contributed by atoms with E-state index >= 15 is 0 Å². The monoisotopic (exact) mass is 320 g/mol. The third-order valence-electron chi connectivity index (χ3n) is 3.90. The van der Waals surface area contributed by atoms with Crippen LogP contribution < -0.4 is 0 Å². The predicted molar refractivity (Wildman–Crippen MR) is 78.2 cm³/mol. The number of carbonyl (C=O) groups excluding carboxylic acids is 1. The molecule has 1 amide bonds. The number of carboxylic acid groups (broad SMARTS) is 1. The molecule has 1 aliphatic heterocycles. The summed E-state index contributed by atoms with van der Waals surface area (Å²) in [6.07, 6.45) is 2.06. The largest absolute Gasteiger partial charge is 0.481 e. The number of hydrogen-bond donors (Lipinski definition) is 1. The lowest BCUT2D eigenvalue weighted by Crippen LogP contribution is -2.47. The van der Waals surface area contributed by atoms with Gasteiger partial charge < -0.3 is 10.0 Å². The maximum Gasteiger partial charge on any atom is 0.305 e. The van der Waals surface area contributed by atoms with Gasteiger partial charge in [-0.2, -0.15) is 0 Å². The van der Waals surface area contributed by atoms with Gasteiger partial charge in [-0.15, -0.1) is 0 Å². The molecule has 1 atom stereocenters. The maximum atomic E-state index is 12.5. The van der Waals surface area contributed by atoms with Crippen molar-refractivity contribution in [3.63, 3.8) is 0 Å². The summed E-state index contributed by atoms with van der Waals surface area (Å²) in [4.78, 5) is 24.8. The number of carbonyl (C=O) groups is 2. The number of amides is 1. The fourth-order valence-electron chi connectivity index (χ4n) is 2.72. The highest BCUT2D eigenvalue weighted by Crippen LogP contribution is 2.22. The van der Waals surface area contributed by atoms with Crippen LogP contribution >= 0.6 is 0 Å². The van der Waals surface area contributed by atoms with Crippen LogP contribution in [0, 0.1) is 5.92 Å². The molecule has 0 aromatic carbocycles. The summed E-state index contributed by atoms with van der Waals surface area (Å²) in [6, 6.07) is -0.354. The average Bonchev–Trinajstić information content (AvgIpc) is 2.37. The van der Waals surface area contributed by atoms with Crippen LogP contribution in [0.25, 0.3) is 0 Å². The van der Waals surface area contributed by atoms with E-state index in [0.717, 1.165) is 0 Å². The Kier molecular flexibility index (Phi) is 6.15. The molecule has 0 spiro atoms. The fourth-order valence-corrected chi connectivity index (χ4v) is 3.59. The number of piperidine rings is 1. The van der Waals surface area contributed by atoms with Gasteiger partial charge in [0, 0.05) is 31.6 Å². The van der Waals surface area contributed by atoms with Crippen LogP contribution in [0.15, 0.2) is 0 Å². The smallest absolute Gasteiger partial charge is 0.305 e. The molecule has 8 heteroatoms. The highest BCUT2D eigenvalue weighted by atomic mass is 32.2. The van der Waals surface area contributed by atoms with Gasteiger partial charge in [-0.3, -0.25) is 9.59 Å². The Labute approximate surface area is 126 Å². The van der Waals surface area contributed by atoms with E-state index < -0.39 is 16.0 Å². The fraction of sp³-hybridized carbons (Fsp3) is 0.846. The van der Waals surface area contributed by atoms with E-state index in [2.05, 4.69) is 0 Å². The third-order valence-corrected chi connectivity index (χ3v) is 5.20. The Morgan fingerprint density at radius 1 is 1.33 bits per heavy atom. The van der Waals surface area contributed by atoms with Gasteiger partial charge in [0.25, 0.3) is 0 Å². The molecular weight excluding hydrogens is 296 g/mol. The molecule has 1 rings (SSSR count). The zero-order valence-corrected chi connectivity index (χ0v) is 13.6. The van der Waals surface area contributed by atoms with Crippen molar-refractivity contribution in [2.75, 3.05) is 25.9 Å². The Morgan fingerprint density at radius 3 is 2.24 bits per heavy atom. The zero-order valence-electron chi connectivity index (χ0n) is 12.8. The zero-order chi connectivity index (χ0) is 16.2. The lowest BCUT2D eigenvalue weighted by Gasteiger charge is -2.35. The second-order valence-corrected chi connectivity index (χ2v) is 7.49. The molecule has 1 aliphatic rings. The van der Waals surface area contributed by atoms with Gasteiger partial charge in [0.05, 0.1) is 12.7 Å². The van der Waals surface area contributed by atoms with Crippen LogP contribution in [0.2, 0.25) is 0 Å². The van der Waals surface area contributed by atoms with Gasteiger partial charge in [0.2, 0.25) is 15.9 Å². The van der Waals surface area contributed by atoms with Gasteiger partial charge in [-0.1, -0.05) is 0 Å². The van der Waals surface area contributed by atoms with E-state index in [1.165, 1.54) is 10.6 Å². The van der Waals surface area contributed by atoms with Crippen molar-refractivity contribution < 1.29 is 23.1 Å². The van der Waals surface area contributed by atoms with Crippen molar-refractivity contribution in [2.45, 2.75) is 39.2 Å². The SMILES string of the molecule is CCN(C(=O)C1CCN(S(C)(=O)=O)CC1)C(C)CC(=O)O. The maximum absolute atomic E-state index is 12.5. The van der Waals surface area contributed by atoms with Crippen LogP contribution in [0.4, 0.5) is 0 Å². The molecule has 1 N–H and O–H groups in total. The van der Waals surface area contributed by atoms with Gasteiger partial charge in [0.1, 0.15) is 0 Å². The second kappa shape index (κ2) is 7.22. The molecule has 0 radical (unpaired) electrons. The standard InChI is InChI=1S/C13H24N2O5S/c1-4-15(10(2)9-12(16)17)13(18)11-5-7-14(8-6-11)21(3,19)20/h10-11H,4-9H2,1-3H3,(H,16,17). The summed E-state index contributed by atoms with van der Waals surface area (Å²) in [5, 5.41) is 8.83. The van der Waals surface area contributed by atoms with E-state index in [4.69, 9.17) is 5.11 Å². The minimum absolute atomic E-state index is 0.0700. The molecule has 21 heavy (non-hydrogen) atoms.